The van der Waals surface area contributed by atoms with Crippen LogP contribution in [0.2, 0.25) is 0 Å². The Hall–Kier alpha value is -3.35. The molecule has 0 aliphatic carbocycles. The summed E-state index contributed by atoms with van der Waals surface area (Å²) in [6, 6.07) is 13.4. The number of urea groups is 1. The number of carbonyl (C=O) groups is 3. The van der Waals surface area contributed by atoms with Gasteiger partial charge in [0.2, 0.25) is 0 Å². The highest BCUT2D eigenvalue weighted by Gasteiger charge is 2.08. The van der Waals surface area contributed by atoms with E-state index >= 15 is 0 Å². The van der Waals surface area contributed by atoms with Crippen LogP contribution in [-0.2, 0) is 11.2 Å². The molecule has 0 saturated carbocycles. The average molecular weight is 369 g/mol. The van der Waals surface area contributed by atoms with E-state index in [1.54, 1.807) is 48.5 Å². The molecule has 0 radical (unpaired) electrons. The Balaban J connectivity index is 1.91. The van der Waals surface area contributed by atoms with Crippen molar-refractivity contribution in [2.24, 2.45) is 0 Å². The molecule has 7 nitrogen and oxygen atoms in total. The van der Waals surface area contributed by atoms with Crippen LogP contribution in [0.25, 0.3) is 0 Å². The van der Waals surface area contributed by atoms with Crippen molar-refractivity contribution >= 4 is 29.3 Å². The molecule has 0 heterocycles. The fourth-order valence-electron chi connectivity index (χ4n) is 2.34. The van der Waals surface area contributed by atoms with Gasteiger partial charge in [0.05, 0.1) is 0 Å². The number of carbonyl (C=O) groups excluding carboxylic acids is 2. The number of rotatable bonds is 7. The van der Waals surface area contributed by atoms with E-state index in [-0.39, 0.29) is 24.4 Å². The molecule has 142 valence electrons. The van der Waals surface area contributed by atoms with Crippen LogP contribution in [-0.4, -0.2) is 29.1 Å². The summed E-state index contributed by atoms with van der Waals surface area (Å²) >= 11 is 0. The molecular weight excluding hydrogens is 346 g/mol. The summed E-state index contributed by atoms with van der Waals surface area (Å²) in [6.45, 7) is 3.73. The van der Waals surface area contributed by atoms with Gasteiger partial charge < -0.3 is 21.1 Å². The van der Waals surface area contributed by atoms with Crippen molar-refractivity contribution in [2.75, 3.05) is 10.6 Å². The van der Waals surface area contributed by atoms with Gasteiger partial charge in [-0.3, -0.25) is 9.59 Å². The van der Waals surface area contributed by atoms with E-state index in [2.05, 4.69) is 16.0 Å². The fourth-order valence-corrected chi connectivity index (χ4v) is 2.34. The molecule has 3 amide bonds. The molecule has 0 unspecified atom stereocenters. The van der Waals surface area contributed by atoms with Crippen LogP contribution >= 0.6 is 0 Å². The number of hydrogen-bond donors (Lipinski definition) is 4. The summed E-state index contributed by atoms with van der Waals surface area (Å²) in [6.07, 6.45) is 0.518. The first-order valence-corrected chi connectivity index (χ1v) is 8.63. The summed E-state index contributed by atoms with van der Waals surface area (Å²) in [5, 5.41) is 16.9. The van der Waals surface area contributed by atoms with Crippen molar-refractivity contribution in [1.29, 1.82) is 0 Å². The quantitative estimate of drug-likeness (QED) is 0.599. The molecule has 0 aliphatic rings. The Morgan fingerprint density at radius 2 is 1.44 bits per heavy atom. The van der Waals surface area contributed by atoms with Crippen LogP contribution in [0, 0.1) is 0 Å². The fraction of sp³-hybridized carbons (Fsp3) is 0.250. The first-order valence-electron chi connectivity index (χ1n) is 8.63. The molecule has 4 N–H and O–H groups in total. The Morgan fingerprint density at radius 3 is 2.00 bits per heavy atom. The summed E-state index contributed by atoms with van der Waals surface area (Å²) in [7, 11) is 0. The van der Waals surface area contributed by atoms with Gasteiger partial charge in [0.1, 0.15) is 0 Å². The molecule has 27 heavy (non-hydrogen) atoms. The van der Waals surface area contributed by atoms with Crippen LogP contribution in [0.1, 0.15) is 36.2 Å². The van der Waals surface area contributed by atoms with Gasteiger partial charge in [-0.15, -0.1) is 0 Å². The number of aliphatic carboxylic acids is 1. The summed E-state index contributed by atoms with van der Waals surface area (Å²) in [5.74, 6) is -1.11. The molecule has 0 saturated heterocycles. The second kappa shape index (κ2) is 9.38. The third kappa shape index (κ3) is 6.81. The van der Waals surface area contributed by atoms with E-state index < -0.39 is 5.97 Å². The van der Waals surface area contributed by atoms with E-state index in [0.717, 1.165) is 5.56 Å². The van der Waals surface area contributed by atoms with E-state index in [9.17, 15) is 14.4 Å². The molecule has 0 aliphatic heterocycles. The molecule has 0 atom stereocenters. The van der Waals surface area contributed by atoms with Crippen molar-refractivity contribution in [3.05, 3.63) is 59.7 Å². The molecule has 7 heteroatoms. The highest BCUT2D eigenvalue weighted by molar-refractivity contribution is 6.04. The zero-order chi connectivity index (χ0) is 19.8. The molecule has 2 aromatic rings. The number of nitrogens with one attached hydrogen (secondary N) is 3. The van der Waals surface area contributed by atoms with E-state index in [4.69, 9.17) is 5.11 Å². The third-order valence-electron chi connectivity index (χ3n) is 3.66. The van der Waals surface area contributed by atoms with Gasteiger partial charge in [-0.1, -0.05) is 12.1 Å². The molecule has 2 rings (SSSR count). The number of carboxylic acid groups (broad SMARTS) is 1. The van der Waals surface area contributed by atoms with E-state index in [1.807, 2.05) is 13.8 Å². The lowest BCUT2D eigenvalue weighted by molar-refractivity contribution is -0.136. The van der Waals surface area contributed by atoms with Crippen molar-refractivity contribution in [3.63, 3.8) is 0 Å². The lowest BCUT2D eigenvalue weighted by atomic mass is 10.1. The average Bonchev–Trinajstić information content (AvgIpc) is 2.61. The Bertz CT molecular complexity index is 799. The first kappa shape index (κ1) is 20.0. The zero-order valence-electron chi connectivity index (χ0n) is 15.3. The third-order valence-corrected chi connectivity index (χ3v) is 3.66. The lowest BCUT2D eigenvalue weighted by Gasteiger charge is -2.11. The first-order chi connectivity index (χ1) is 12.8. The monoisotopic (exact) mass is 369 g/mol. The minimum Gasteiger partial charge on any atom is -0.481 e. The highest BCUT2D eigenvalue weighted by Crippen LogP contribution is 2.14. The smallest absolute Gasteiger partial charge is 0.319 e. The molecule has 0 aromatic heterocycles. The van der Waals surface area contributed by atoms with Crippen LogP contribution < -0.4 is 16.0 Å². The molecule has 0 bridgehead atoms. The molecule has 0 spiro atoms. The Kier molecular flexibility index (Phi) is 6.93. The van der Waals surface area contributed by atoms with Crippen LogP contribution in [0.15, 0.2) is 48.5 Å². The largest absolute Gasteiger partial charge is 0.481 e. The second-order valence-corrected chi connectivity index (χ2v) is 6.38. The summed E-state index contributed by atoms with van der Waals surface area (Å²) in [5.41, 5.74) is 2.57. The van der Waals surface area contributed by atoms with Gasteiger partial charge in [0.15, 0.2) is 0 Å². The van der Waals surface area contributed by atoms with Gasteiger partial charge in [-0.2, -0.15) is 0 Å². The number of aryl methyl sites for hydroxylation is 1. The predicted molar refractivity (Wildman–Crippen MR) is 104 cm³/mol. The van der Waals surface area contributed by atoms with Crippen molar-refractivity contribution in [1.82, 2.24) is 5.32 Å². The Morgan fingerprint density at radius 1 is 0.889 bits per heavy atom. The maximum absolute atomic E-state index is 12.3. The van der Waals surface area contributed by atoms with Crippen LogP contribution in [0.5, 0.6) is 0 Å². The van der Waals surface area contributed by atoms with Gasteiger partial charge in [-0.05, 0) is 62.2 Å². The van der Waals surface area contributed by atoms with Crippen LogP contribution in [0.3, 0.4) is 0 Å². The van der Waals surface area contributed by atoms with Crippen molar-refractivity contribution < 1.29 is 19.5 Å². The maximum atomic E-state index is 12.3. The van der Waals surface area contributed by atoms with Gasteiger partial charge in [0.25, 0.3) is 5.91 Å². The van der Waals surface area contributed by atoms with E-state index in [1.165, 1.54) is 0 Å². The van der Waals surface area contributed by atoms with Crippen LogP contribution in [0.4, 0.5) is 16.2 Å². The minimum absolute atomic E-state index is 0.0329. The maximum Gasteiger partial charge on any atom is 0.319 e. The standard InChI is InChI=1S/C20H23N3O4/c1-13(2)21-20(27)23-17-10-6-15(7-11-17)19(26)22-16-8-3-14(4-9-16)5-12-18(24)25/h3-4,6-11,13H,5,12H2,1-2H3,(H,22,26)(H,24,25)(H2,21,23,27). The zero-order valence-corrected chi connectivity index (χ0v) is 15.3. The summed E-state index contributed by atoms with van der Waals surface area (Å²) < 4.78 is 0. The van der Waals surface area contributed by atoms with Gasteiger partial charge in [-0.25, -0.2) is 4.79 Å². The predicted octanol–water partition coefficient (Wildman–Crippen LogP) is 3.49. The number of anilines is 2. The number of carboxylic acids is 1. The number of benzene rings is 2. The number of amides is 3. The van der Waals surface area contributed by atoms with E-state index in [0.29, 0.717) is 23.4 Å². The second-order valence-electron chi connectivity index (χ2n) is 6.38. The number of hydrogen-bond acceptors (Lipinski definition) is 3. The molecule has 0 fully saturated rings. The molecule has 2 aromatic carbocycles. The summed E-state index contributed by atoms with van der Waals surface area (Å²) in [4.78, 5) is 34.6. The lowest BCUT2D eigenvalue weighted by Crippen LogP contribution is -2.34. The minimum atomic E-state index is -0.841. The molecular formula is C20H23N3O4. The van der Waals surface area contributed by atoms with Gasteiger partial charge >= 0.3 is 12.0 Å². The van der Waals surface area contributed by atoms with Crippen molar-refractivity contribution in [2.45, 2.75) is 32.7 Å². The Labute approximate surface area is 157 Å². The SMILES string of the molecule is CC(C)NC(=O)Nc1ccc(C(=O)Nc2ccc(CCC(=O)O)cc2)cc1. The highest BCUT2D eigenvalue weighted by atomic mass is 16.4. The van der Waals surface area contributed by atoms with Crippen molar-refractivity contribution in [3.8, 4) is 0 Å². The normalized spacial score (nSPS) is 10.3. The topological polar surface area (TPSA) is 108 Å². The van der Waals surface area contributed by atoms with Gasteiger partial charge in [0, 0.05) is 29.4 Å².